The van der Waals surface area contributed by atoms with E-state index in [0.29, 0.717) is 18.4 Å². The summed E-state index contributed by atoms with van der Waals surface area (Å²) in [6.07, 6.45) is 3.24. The van der Waals surface area contributed by atoms with Gasteiger partial charge in [-0.25, -0.2) is 9.18 Å². The fraction of sp³-hybridized carbons (Fsp3) is 0.467. The lowest BCUT2D eigenvalue weighted by atomic mass is 9.97. The van der Waals surface area contributed by atoms with Crippen LogP contribution in [0.2, 0.25) is 0 Å². The van der Waals surface area contributed by atoms with E-state index in [9.17, 15) is 14.0 Å². The number of hydrogen-bond donors (Lipinski definition) is 2. The van der Waals surface area contributed by atoms with Crippen LogP contribution in [0.25, 0.3) is 0 Å². The molecular formula is C15H18FN3O2. The molecule has 0 atom stereocenters. The maximum atomic E-state index is 13.4. The number of benzene rings is 1. The number of nitrogens with zero attached hydrogens (tertiary/aromatic N) is 1. The second-order valence-electron chi connectivity index (χ2n) is 5.73. The van der Waals surface area contributed by atoms with Crippen LogP contribution in [0.1, 0.15) is 36.8 Å². The molecule has 2 aliphatic rings. The van der Waals surface area contributed by atoms with Crippen molar-refractivity contribution in [1.29, 1.82) is 0 Å². The lowest BCUT2D eigenvalue weighted by Gasteiger charge is -2.20. The summed E-state index contributed by atoms with van der Waals surface area (Å²) < 4.78 is 13.4. The van der Waals surface area contributed by atoms with E-state index in [2.05, 4.69) is 5.32 Å². The average Bonchev–Trinajstić information content (AvgIpc) is 3.01. The highest BCUT2D eigenvalue weighted by molar-refractivity contribution is 6.07. The zero-order valence-corrected chi connectivity index (χ0v) is 11.7. The highest BCUT2D eigenvalue weighted by atomic mass is 19.1. The molecule has 0 radical (unpaired) electrons. The van der Waals surface area contributed by atoms with Gasteiger partial charge in [0, 0.05) is 6.54 Å². The monoisotopic (exact) mass is 291 g/mol. The fourth-order valence-corrected chi connectivity index (χ4v) is 3.25. The SMILES string of the molecule is NCc1ccc(F)cc1CN1C(=O)NC2(CCCC2)C1=O. The van der Waals surface area contributed by atoms with Crippen molar-refractivity contribution >= 4 is 11.9 Å². The van der Waals surface area contributed by atoms with Gasteiger partial charge in [0.15, 0.2) is 0 Å². The predicted molar refractivity (Wildman–Crippen MR) is 74.6 cm³/mol. The van der Waals surface area contributed by atoms with Crippen molar-refractivity contribution in [2.75, 3.05) is 0 Å². The topological polar surface area (TPSA) is 75.4 Å². The molecule has 2 fully saturated rings. The lowest BCUT2D eigenvalue weighted by Crippen LogP contribution is -2.44. The van der Waals surface area contributed by atoms with Gasteiger partial charge in [-0.2, -0.15) is 0 Å². The maximum absolute atomic E-state index is 13.4. The number of imide groups is 1. The molecule has 3 rings (SSSR count). The molecular weight excluding hydrogens is 273 g/mol. The Labute approximate surface area is 122 Å². The Hall–Kier alpha value is -1.95. The van der Waals surface area contributed by atoms with Crippen LogP contribution in [-0.2, 0) is 17.9 Å². The molecule has 1 aromatic carbocycles. The van der Waals surface area contributed by atoms with Crippen LogP contribution in [0.15, 0.2) is 18.2 Å². The minimum absolute atomic E-state index is 0.0662. The molecule has 0 bridgehead atoms. The van der Waals surface area contributed by atoms with Crippen LogP contribution in [0.3, 0.4) is 0 Å². The first kappa shape index (κ1) is 14.0. The Kier molecular flexibility index (Phi) is 3.41. The number of carbonyl (C=O) groups is 2. The van der Waals surface area contributed by atoms with E-state index in [1.54, 1.807) is 6.07 Å². The van der Waals surface area contributed by atoms with Gasteiger partial charge < -0.3 is 11.1 Å². The number of urea groups is 1. The zero-order valence-electron chi connectivity index (χ0n) is 11.7. The van der Waals surface area contributed by atoms with E-state index < -0.39 is 17.4 Å². The van der Waals surface area contributed by atoms with Gasteiger partial charge in [-0.1, -0.05) is 18.9 Å². The van der Waals surface area contributed by atoms with E-state index in [1.807, 2.05) is 0 Å². The summed E-state index contributed by atoms with van der Waals surface area (Å²) in [6, 6.07) is 3.86. The van der Waals surface area contributed by atoms with Crippen LogP contribution < -0.4 is 11.1 Å². The molecule has 21 heavy (non-hydrogen) atoms. The smallest absolute Gasteiger partial charge is 0.325 e. The molecule has 1 heterocycles. The number of nitrogens with two attached hydrogens (primary N) is 1. The Morgan fingerprint density at radius 1 is 1.24 bits per heavy atom. The summed E-state index contributed by atoms with van der Waals surface area (Å²) in [5.74, 6) is -0.595. The first-order chi connectivity index (χ1) is 10.1. The number of carbonyl (C=O) groups excluding carboxylic acids is 2. The van der Waals surface area contributed by atoms with E-state index in [-0.39, 0.29) is 19.0 Å². The highest BCUT2D eigenvalue weighted by Crippen LogP contribution is 2.35. The number of rotatable bonds is 3. The normalized spacial score (nSPS) is 20.4. The fourth-order valence-electron chi connectivity index (χ4n) is 3.25. The summed E-state index contributed by atoms with van der Waals surface area (Å²) in [6.45, 7) is 0.307. The van der Waals surface area contributed by atoms with Crippen molar-refractivity contribution in [3.8, 4) is 0 Å². The van der Waals surface area contributed by atoms with E-state index >= 15 is 0 Å². The second-order valence-corrected chi connectivity index (χ2v) is 5.73. The molecule has 1 spiro atoms. The van der Waals surface area contributed by atoms with Gasteiger partial charge in [0.2, 0.25) is 0 Å². The highest BCUT2D eigenvalue weighted by Gasteiger charge is 2.52. The minimum atomic E-state index is -0.729. The summed E-state index contributed by atoms with van der Waals surface area (Å²) in [7, 11) is 0. The van der Waals surface area contributed by atoms with Crippen molar-refractivity contribution in [1.82, 2.24) is 10.2 Å². The van der Waals surface area contributed by atoms with Crippen molar-refractivity contribution in [3.63, 3.8) is 0 Å². The van der Waals surface area contributed by atoms with Gasteiger partial charge >= 0.3 is 6.03 Å². The van der Waals surface area contributed by atoms with Gasteiger partial charge in [0.1, 0.15) is 11.4 Å². The Balaban J connectivity index is 1.86. The molecule has 1 aromatic rings. The zero-order chi connectivity index (χ0) is 15.0. The Morgan fingerprint density at radius 2 is 1.95 bits per heavy atom. The Bertz CT molecular complexity index is 597. The average molecular weight is 291 g/mol. The molecule has 1 saturated heterocycles. The molecule has 3 amide bonds. The minimum Gasteiger partial charge on any atom is -0.326 e. The molecule has 112 valence electrons. The molecule has 5 nitrogen and oxygen atoms in total. The van der Waals surface area contributed by atoms with Crippen molar-refractivity contribution < 1.29 is 14.0 Å². The first-order valence-electron chi connectivity index (χ1n) is 7.17. The molecule has 1 saturated carbocycles. The van der Waals surface area contributed by atoms with Crippen LogP contribution in [-0.4, -0.2) is 22.4 Å². The molecule has 1 aliphatic carbocycles. The Morgan fingerprint density at radius 3 is 2.62 bits per heavy atom. The number of hydrogen-bond acceptors (Lipinski definition) is 3. The van der Waals surface area contributed by atoms with Gasteiger partial charge in [-0.05, 0) is 36.1 Å². The predicted octanol–water partition coefficient (Wildman–Crippen LogP) is 1.65. The largest absolute Gasteiger partial charge is 0.326 e. The van der Waals surface area contributed by atoms with Gasteiger partial charge in [-0.3, -0.25) is 9.69 Å². The van der Waals surface area contributed by atoms with Gasteiger partial charge in [-0.15, -0.1) is 0 Å². The molecule has 1 aliphatic heterocycles. The second kappa shape index (κ2) is 5.11. The number of amides is 3. The third-order valence-electron chi connectivity index (χ3n) is 4.42. The third-order valence-corrected chi connectivity index (χ3v) is 4.42. The number of halogens is 1. The van der Waals surface area contributed by atoms with E-state index in [0.717, 1.165) is 18.4 Å². The standard InChI is InChI=1S/C15H18FN3O2/c16-12-4-3-10(8-17)11(7-12)9-19-13(20)15(18-14(19)21)5-1-2-6-15/h3-4,7H,1-2,5-6,8-9,17H2,(H,18,21). The quantitative estimate of drug-likeness (QED) is 0.831. The number of nitrogens with one attached hydrogen (secondary N) is 1. The lowest BCUT2D eigenvalue weighted by molar-refractivity contribution is -0.131. The summed E-state index contributed by atoms with van der Waals surface area (Å²) in [5, 5.41) is 2.81. The molecule has 0 unspecified atom stereocenters. The summed E-state index contributed by atoms with van der Waals surface area (Å²) in [4.78, 5) is 25.8. The van der Waals surface area contributed by atoms with Gasteiger partial charge in [0.25, 0.3) is 5.91 Å². The van der Waals surface area contributed by atoms with E-state index in [4.69, 9.17) is 5.73 Å². The van der Waals surface area contributed by atoms with Crippen LogP contribution in [0.5, 0.6) is 0 Å². The molecule has 3 N–H and O–H groups in total. The van der Waals surface area contributed by atoms with Crippen LogP contribution >= 0.6 is 0 Å². The molecule has 6 heteroatoms. The third kappa shape index (κ3) is 2.29. The van der Waals surface area contributed by atoms with Gasteiger partial charge in [0.05, 0.1) is 6.54 Å². The first-order valence-corrected chi connectivity index (χ1v) is 7.17. The summed E-state index contributed by atoms with van der Waals surface area (Å²) >= 11 is 0. The summed E-state index contributed by atoms with van der Waals surface area (Å²) in [5.41, 5.74) is 6.22. The van der Waals surface area contributed by atoms with Crippen LogP contribution in [0.4, 0.5) is 9.18 Å². The van der Waals surface area contributed by atoms with Crippen molar-refractivity contribution in [2.24, 2.45) is 5.73 Å². The van der Waals surface area contributed by atoms with Crippen LogP contribution in [0, 0.1) is 5.82 Å². The molecule has 0 aromatic heterocycles. The van der Waals surface area contributed by atoms with Crippen molar-refractivity contribution in [2.45, 2.75) is 44.3 Å². The van der Waals surface area contributed by atoms with E-state index in [1.165, 1.54) is 17.0 Å². The maximum Gasteiger partial charge on any atom is 0.325 e. The van der Waals surface area contributed by atoms with Crippen molar-refractivity contribution in [3.05, 3.63) is 35.1 Å².